The quantitative estimate of drug-likeness (QED) is 0.710. The zero-order valence-electron chi connectivity index (χ0n) is 7.54. The molecule has 0 aliphatic heterocycles. The van der Waals surface area contributed by atoms with E-state index in [9.17, 15) is 13.6 Å². The molecular weight excluding hydrogens is 202 g/mol. The predicted molar refractivity (Wildman–Crippen MR) is 49.4 cm³/mol. The molecule has 0 saturated heterocycles. The third-order valence-electron chi connectivity index (χ3n) is 1.95. The van der Waals surface area contributed by atoms with Crippen molar-refractivity contribution >= 4 is 6.29 Å². The van der Waals surface area contributed by atoms with Crippen LogP contribution in [0, 0.1) is 11.6 Å². The molecule has 0 fully saturated rings. The highest BCUT2D eigenvalue weighted by Gasteiger charge is 2.14. The van der Waals surface area contributed by atoms with E-state index in [1.165, 1.54) is 18.2 Å². The third kappa shape index (κ3) is 1.66. The number of rotatable bonds is 2. The van der Waals surface area contributed by atoms with Gasteiger partial charge in [-0.3, -0.25) is 4.79 Å². The summed E-state index contributed by atoms with van der Waals surface area (Å²) in [5.41, 5.74) is -0.259. The van der Waals surface area contributed by atoms with Crippen molar-refractivity contribution < 1.29 is 18.0 Å². The highest BCUT2D eigenvalue weighted by molar-refractivity contribution is 5.73. The van der Waals surface area contributed by atoms with Crippen molar-refractivity contribution in [2.24, 2.45) is 0 Å². The van der Waals surface area contributed by atoms with Gasteiger partial charge in [0.05, 0.1) is 5.56 Å². The SMILES string of the molecule is O=Cc1ccc(-c2c(F)cccc2F)o1. The summed E-state index contributed by atoms with van der Waals surface area (Å²) in [5, 5.41) is 0. The lowest BCUT2D eigenvalue weighted by Gasteiger charge is -2.00. The highest BCUT2D eigenvalue weighted by Crippen LogP contribution is 2.27. The molecule has 15 heavy (non-hydrogen) atoms. The van der Waals surface area contributed by atoms with Crippen molar-refractivity contribution in [3.8, 4) is 11.3 Å². The van der Waals surface area contributed by atoms with Crippen LogP contribution in [-0.2, 0) is 0 Å². The first-order valence-corrected chi connectivity index (χ1v) is 4.22. The van der Waals surface area contributed by atoms with Gasteiger partial charge in [-0.05, 0) is 24.3 Å². The number of hydrogen-bond acceptors (Lipinski definition) is 2. The number of furan rings is 1. The fraction of sp³-hybridized carbons (Fsp3) is 0. The molecule has 2 rings (SSSR count). The van der Waals surface area contributed by atoms with Crippen molar-refractivity contribution in [1.29, 1.82) is 0 Å². The fourth-order valence-electron chi connectivity index (χ4n) is 1.28. The fourth-order valence-corrected chi connectivity index (χ4v) is 1.28. The summed E-state index contributed by atoms with van der Waals surface area (Å²) in [6.45, 7) is 0. The van der Waals surface area contributed by atoms with Gasteiger partial charge < -0.3 is 4.42 Å². The van der Waals surface area contributed by atoms with Gasteiger partial charge >= 0.3 is 0 Å². The lowest BCUT2D eigenvalue weighted by molar-refractivity contribution is 0.110. The van der Waals surface area contributed by atoms with E-state index < -0.39 is 11.6 Å². The van der Waals surface area contributed by atoms with Crippen LogP contribution < -0.4 is 0 Å². The lowest BCUT2D eigenvalue weighted by Crippen LogP contribution is -1.87. The smallest absolute Gasteiger partial charge is 0.185 e. The number of carbonyl (C=O) groups excluding carboxylic acids is 1. The van der Waals surface area contributed by atoms with E-state index in [-0.39, 0.29) is 17.1 Å². The van der Waals surface area contributed by atoms with Crippen molar-refractivity contribution in [3.63, 3.8) is 0 Å². The second-order valence-electron chi connectivity index (χ2n) is 2.92. The van der Waals surface area contributed by atoms with Gasteiger partial charge in [0.25, 0.3) is 0 Å². The molecular formula is C11H6F2O2. The molecule has 4 heteroatoms. The van der Waals surface area contributed by atoms with Crippen LogP contribution in [0.25, 0.3) is 11.3 Å². The summed E-state index contributed by atoms with van der Waals surface area (Å²) in [7, 11) is 0. The Morgan fingerprint density at radius 2 is 1.73 bits per heavy atom. The van der Waals surface area contributed by atoms with Crippen molar-refractivity contribution in [1.82, 2.24) is 0 Å². The van der Waals surface area contributed by atoms with Gasteiger partial charge in [-0.15, -0.1) is 0 Å². The zero-order valence-corrected chi connectivity index (χ0v) is 7.54. The van der Waals surface area contributed by atoms with Gasteiger partial charge in [-0.1, -0.05) is 6.07 Å². The molecule has 0 atom stereocenters. The van der Waals surface area contributed by atoms with Crippen LogP contribution >= 0.6 is 0 Å². The average molecular weight is 208 g/mol. The van der Waals surface area contributed by atoms with E-state index in [1.54, 1.807) is 0 Å². The number of benzene rings is 1. The molecule has 2 nitrogen and oxygen atoms in total. The Labute approximate surface area is 84.1 Å². The second-order valence-corrected chi connectivity index (χ2v) is 2.92. The van der Waals surface area contributed by atoms with Crippen LogP contribution in [0.15, 0.2) is 34.7 Å². The largest absolute Gasteiger partial charge is 0.453 e. The van der Waals surface area contributed by atoms with Gasteiger partial charge in [0.15, 0.2) is 12.0 Å². The van der Waals surface area contributed by atoms with E-state index in [1.807, 2.05) is 0 Å². The topological polar surface area (TPSA) is 30.2 Å². The molecule has 0 saturated carbocycles. The maximum Gasteiger partial charge on any atom is 0.185 e. The Morgan fingerprint density at radius 3 is 2.27 bits per heavy atom. The van der Waals surface area contributed by atoms with Crippen LogP contribution in [0.3, 0.4) is 0 Å². The van der Waals surface area contributed by atoms with Gasteiger partial charge in [0.2, 0.25) is 0 Å². The number of carbonyl (C=O) groups is 1. The minimum atomic E-state index is -0.721. The first kappa shape index (κ1) is 9.58. The second kappa shape index (κ2) is 3.65. The molecule has 76 valence electrons. The summed E-state index contributed by atoms with van der Waals surface area (Å²) in [5.74, 6) is -1.40. The van der Waals surface area contributed by atoms with Crippen molar-refractivity contribution in [3.05, 3.63) is 47.7 Å². The maximum atomic E-state index is 13.3. The van der Waals surface area contributed by atoms with E-state index in [2.05, 4.69) is 0 Å². The van der Waals surface area contributed by atoms with Crippen LogP contribution in [0.2, 0.25) is 0 Å². The summed E-state index contributed by atoms with van der Waals surface area (Å²) < 4.78 is 31.5. The monoisotopic (exact) mass is 208 g/mol. The summed E-state index contributed by atoms with van der Waals surface area (Å²) in [4.78, 5) is 10.3. The van der Waals surface area contributed by atoms with Crippen LogP contribution in [0.4, 0.5) is 8.78 Å². The molecule has 0 aliphatic carbocycles. The summed E-state index contributed by atoms with van der Waals surface area (Å²) in [6, 6.07) is 6.22. The third-order valence-corrected chi connectivity index (χ3v) is 1.95. The Kier molecular flexibility index (Phi) is 2.33. The molecule has 1 aromatic heterocycles. The molecule has 0 amide bonds. The first-order chi connectivity index (χ1) is 7.22. The Hall–Kier alpha value is -1.97. The van der Waals surface area contributed by atoms with Crippen molar-refractivity contribution in [2.75, 3.05) is 0 Å². The minimum Gasteiger partial charge on any atom is -0.453 e. The molecule has 0 radical (unpaired) electrons. The molecule has 2 aromatic rings. The number of aldehydes is 1. The number of halogens is 2. The van der Waals surface area contributed by atoms with E-state index in [0.29, 0.717) is 6.29 Å². The molecule has 1 heterocycles. The molecule has 0 unspecified atom stereocenters. The Balaban J connectivity index is 2.58. The van der Waals surface area contributed by atoms with Gasteiger partial charge in [0.1, 0.15) is 17.4 Å². The van der Waals surface area contributed by atoms with Crippen LogP contribution in [0.5, 0.6) is 0 Å². The highest BCUT2D eigenvalue weighted by atomic mass is 19.1. The van der Waals surface area contributed by atoms with Crippen molar-refractivity contribution in [2.45, 2.75) is 0 Å². The normalized spacial score (nSPS) is 10.3. The van der Waals surface area contributed by atoms with Gasteiger partial charge in [-0.25, -0.2) is 8.78 Å². The maximum absolute atomic E-state index is 13.3. The predicted octanol–water partition coefficient (Wildman–Crippen LogP) is 3.04. The van der Waals surface area contributed by atoms with E-state index in [4.69, 9.17) is 4.42 Å². The van der Waals surface area contributed by atoms with Crippen LogP contribution in [-0.4, -0.2) is 6.29 Å². The summed E-state index contributed by atoms with van der Waals surface area (Å²) in [6.07, 6.45) is 0.474. The molecule has 0 aliphatic rings. The van der Waals surface area contributed by atoms with E-state index >= 15 is 0 Å². The Bertz CT molecular complexity index is 483. The molecule has 1 aromatic carbocycles. The standard InChI is InChI=1S/C11H6F2O2/c12-8-2-1-3-9(13)11(8)10-5-4-7(6-14)15-10/h1-6H. The first-order valence-electron chi connectivity index (χ1n) is 4.22. The van der Waals surface area contributed by atoms with E-state index in [0.717, 1.165) is 12.1 Å². The number of hydrogen-bond donors (Lipinski definition) is 0. The minimum absolute atomic E-state index is 0.00713. The average Bonchev–Trinajstić information content (AvgIpc) is 2.66. The van der Waals surface area contributed by atoms with Gasteiger partial charge in [0, 0.05) is 0 Å². The molecule has 0 bridgehead atoms. The lowest BCUT2D eigenvalue weighted by atomic mass is 10.1. The zero-order chi connectivity index (χ0) is 10.8. The molecule has 0 spiro atoms. The Morgan fingerprint density at radius 1 is 1.07 bits per heavy atom. The van der Waals surface area contributed by atoms with Crippen LogP contribution in [0.1, 0.15) is 10.6 Å². The molecule has 0 N–H and O–H groups in total. The summed E-state index contributed by atoms with van der Waals surface area (Å²) >= 11 is 0. The van der Waals surface area contributed by atoms with Gasteiger partial charge in [-0.2, -0.15) is 0 Å².